The maximum atomic E-state index is 10.9. The Morgan fingerprint density at radius 2 is 2.29 bits per heavy atom. The Kier molecular flexibility index (Phi) is 3.40. The van der Waals surface area contributed by atoms with Gasteiger partial charge in [0.15, 0.2) is 5.78 Å². The summed E-state index contributed by atoms with van der Waals surface area (Å²) in [5.41, 5.74) is 3.14. The average molecular weight is 229 g/mol. The zero-order chi connectivity index (χ0) is 12.3. The van der Waals surface area contributed by atoms with Gasteiger partial charge in [0.2, 0.25) is 0 Å². The smallest absolute Gasteiger partial charge is 0.152 e. The van der Waals surface area contributed by atoms with Crippen LogP contribution in [-0.4, -0.2) is 22.5 Å². The summed E-state index contributed by atoms with van der Waals surface area (Å²) in [6, 6.07) is 5.97. The van der Waals surface area contributed by atoms with Crippen molar-refractivity contribution in [2.75, 3.05) is 6.61 Å². The van der Waals surface area contributed by atoms with Gasteiger partial charge in [-0.2, -0.15) is 0 Å². The quantitative estimate of drug-likeness (QED) is 0.790. The standard InChI is InChI=1S/C14H15NO2/c1-10(17)2-3-11-4-5-14-13(8-11)12(6-7-16)9-15-14/h2-5,8-9,15-16H,6-7H2,1H3/b3-2+. The van der Waals surface area contributed by atoms with Crippen molar-refractivity contribution in [1.82, 2.24) is 4.98 Å². The van der Waals surface area contributed by atoms with E-state index < -0.39 is 0 Å². The zero-order valence-electron chi connectivity index (χ0n) is 9.73. The van der Waals surface area contributed by atoms with Gasteiger partial charge < -0.3 is 10.1 Å². The minimum Gasteiger partial charge on any atom is -0.396 e. The minimum atomic E-state index is 0.0368. The van der Waals surface area contributed by atoms with E-state index in [0.717, 1.165) is 22.0 Å². The van der Waals surface area contributed by atoms with Crippen LogP contribution in [0.15, 0.2) is 30.5 Å². The number of hydrogen-bond acceptors (Lipinski definition) is 2. The summed E-state index contributed by atoms with van der Waals surface area (Å²) in [6.45, 7) is 1.67. The second-order valence-corrected chi connectivity index (χ2v) is 4.04. The summed E-state index contributed by atoms with van der Waals surface area (Å²) in [6.07, 6.45) is 5.91. The van der Waals surface area contributed by atoms with Crippen molar-refractivity contribution in [1.29, 1.82) is 0 Å². The van der Waals surface area contributed by atoms with E-state index in [9.17, 15) is 4.79 Å². The number of aliphatic hydroxyl groups excluding tert-OH is 1. The molecule has 2 N–H and O–H groups in total. The number of aliphatic hydroxyl groups is 1. The number of ketones is 1. The Balaban J connectivity index is 2.40. The molecule has 3 heteroatoms. The molecular weight excluding hydrogens is 214 g/mol. The Morgan fingerprint density at radius 3 is 3.00 bits per heavy atom. The van der Waals surface area contributed by atoms with Crippen LogP contribution in [0.3, 0.4) is 0 Å². The van der Waals surface area contributed by atoms with Crippen molar-refractivity contribution in [2.24, 2.45) is 0 Å². The molecule has 0 aliphatic rings. The number of H-pyrrole nitrogens is 1. The maximum Gasteiger partial charge on any atom is 0.152 e. The largest absolute Gasteiger partial charge is 0.396 e. The van der Waals surface area contributed by atoms with Gasteiger partial charge in [0.05, 0.1) is 0 Å². The lowest BCUT2D eigenvalue weighted by atomic mass is 10.1. The molecule has 0 amide bonds. The molecule has 0 bridgehead atoms. The van der Waals surface area contributed by atoms with Crippen LogP contribution >= 0.6 is 0 Å². The molecule has 0 atom stereocenters. The minimum absolute atomic E-state index is 0.0368. The van der Waals surface area contributed by atoms with Crippen molar-refractivity contribution < 1.29 is 9.90 Å². The summed E-state index contributed by atoms with van der Waals surface area (Å²) in [7, 11) is 0. The molecule has 0 unspecified atom stereocenters. The van der Waals surface area contributed by atoms with Gasteiger partial charge >= 0.3 is 0 Å². The lowest BCUT2D eigenvalue weighted by molar-refractivity contribution is -0.112. The van der Waals surface area contributed by atoms with Gasteiger partial charge in [-0.3, -0.25) is 4.79 Å². The van der Waals surface area contributed by atoms with E-state index >= 15 is 0 Å². The molecule has 17 heavy (non-hydrogen) atoms. The first kappa shape index (κ1) is 11.6. The molecule has 0 radical (unpaired) electrons. The monoisotopic (exact) mass is 229 g/mol. The second-order valence-electron chi connectivity index (χ2n) is 4.04. The second kappa shape index (κ2) is 4.97. The molecule has 1 heterocycles. The number of allylic oxidation sites excluding steroid dienone is 1. The summed E-state index contributed by atoms with van der Waals surface area (Å²) < 4.78 is 0. The molecular formula is C14H15NO2. The topological polar surface area (TPSA) is 53.1 Å². The SMILES string of the molecule is CC(=O)/C=C/c1ccc2[nH]cc(CCO)c2c1. The van der Waals surface area contributed by atoms with Gasteiger partial charge in [0, 0.05) is 23.7 Å². The number of aromatic nitrogens is 1. The molecule has 0 saturated carbocycles. The van der Waals surface area contributed by atoms with Crippen LogP contribution in [0.5, 0.6) is 0 Å². The van der Waals surface area contributed by atoms with Crippen molar-refractivity contribution in [3.05, 3.63) is 41.6 Å². The predicted molar refractivity (Wildman–Crippen MR) is 68.8 cm³/mol. The van der Waals surface area contributed by atoms with Gasteiger partial charge in [-0.05, 0) is 42.7 Å². The van der Waals surface area contributed by atoms with E-state index in [1.165, 1.54) is 6.92 Å². The fourth-order valence-electron chi connectivity index (χ4n) is 1.84. The van der Waals surface area contributed by atoms with Gasteiger partial charge in [0.1, 0.15) is 0 Å². The van der Waals surface area contributed by atoms with Gasteiger partial charge in [0.25, 0.3) is 0 Å². The lowest BCUT2D eigenvalue weighted by Gasteiger charge is -1.98. The molecule has 1 aromatic heterocycles. The van der Waals surface area contributed by atoms with Crippen LogP contribution in [0.25, 0.3) is 17.0 Å². The molecule has 2 aromatic rings. The van der Waals surface area contributed by atoms with Crippen LogP contribution in [0.1, 0.15) is 18.1 Å². The summed E-state index contributed by atoms with van der Waals surface area (Å²) in [5.74, 6) is 0.0368. The molecule has 1 aromatic carbocycles. The molecule has 0 aliphatic carbocycles. The number of hydrogen-bond donors (Lipinski definition) is 2. The molecule has 2 rings (SSSR count). The normalized spacial score (nSPS) is 11.4. The van der Waals surface area contributed by atoms with Crippen molar-refractivity contribution in [3.63, 3.8) is 0 Å². The zero-order valence-corrected chi connectivity index (χ0v) is 9.73. The number of fused-ring (bicyclic) bond motifs is 1. The van der Waals surface area contributed by atoms with E-state index in [2.05, 4.69) is 4.98 Å². The first-order valence-corrected chi connectivity index (χ1v) is 5.60. The number of aromatic amines is 1. The van der Waals surface area contributed by atoms with Crippen LogP contribution in [0.2, 0.25) is 0 Å². The number of carbonyl (C=O) groups excluding carboxylic acids is 1. The van der Waals surface area contributed by atoms with E-state index in [1.807, 2.05) is 24.4 Å². The number of carbonyl (C=O) groups is 1. The lowest BCUT2D eigenvalue weighted by Crippen LogP contribution is -1.88. The summed E-state index contributed by atoms with van der Waals surface area (Å²) in [5, 5.41) is 10.1. The Labute approximate surface area is 99.8 Å². The van der Waals surface area contributed by atoms with Crippen LogP contribution in [0, 0.1) is 0 Å². The van der Waals surface area contributed by atoms with E-state index in [1.54, 1.807) is 12.2 Å². The van der Waals surface area contributed by atoms with E-state index in [4.69, 9.17) is 5.11 Å². The van der Waals surface area contributed by atoms with Crippen molar-refractivity contribution in [3.8, 4) is 0 Å². The molecule has 0 saturated heterocycles. The number of nitrogens with one attached hydrogen (secondary N) is 1. The summed E-state index contributed by atoms with van der Waals surface area (Å²) in [4.78, 5) is 14.0. The summed E-state index contributed by atoms with van der Waals surface area (Å²) >= 11 is 0. The van der Waals surface area contributed by atoms with Crippen LogP contribution < -0.4 is 0 Å². The Hall–Kier alpha value is -1.87. The third-order valence-corrected chi connectivity index (χ3v) is 2.68. The molecule has 0 fully saturated rings. The van der Waals surface area contributed by atoms with E-state index in [-0.39, 0.29) is 12.4 Å². The highest BCUT2D eigenvalue weighted by molar-refractivity contribution is 5.92. The van der Waals surface area contributed by atoms with Gasteiger partial charge in [-0.25, -0.2) is 0 Å². The molecule has 3 nitrogen and oxygen atoms in total. The fraction of sp³-hybridized carbons (Fsp3) is 0.214. The number of rotatable bonds is 4. The van der Waals surface area contributed by atoms with Crippen LogP contribution in [0.4, 0.5) is 0 Å². The van der Waals surface area contributed by atoms with Gasteiger partial charge in [-0.15, -0.1) is 0 Å². The third kappa shape index (κ3) is 2.63. The Bertz CT molecular complexity index is 567. The maximum absolute atomic E-state index is 10.9. The Morgan fingerprint density at radius 1 is 1.47 bits per heavy atom. The molecule has 88 valence electrons. The first-order chi connectivity index (χ1) is 8.20. The van der Waals surface area contributed by atoms with Crippen molar-refractivity contribution in [2.45, 2.75) is 13.3 Å². The number of benzene rings is 1. The molecule has 0 spiro atoms. The first-order valence-electron chi connectivity index (χ1n) is 5.60. The highest BCUT2D eigenvalue weighted by Gasteiger charge is 2.03. The average Bonchev–Trinajstić information content (AvgIpc) is 2.70. The van der Waals surface area contributed by atoms with Crippen molar-refractivity contribution >= 4 is 22.8 Å². The van der Waals surface area contributed by atoms with Gasteiger partial charge in [-0.1, -0.05) is 12.1 Å². The van der Waals surface area contributed by atoms with Crippen LogP contribution in [-0.2, 0) is 11.2 Å². The predicted octanol–water partition coefficient (Wildman–Crippen LogP) is 2.30. The molecule has 0 aliphatic heterocycles. The van der Waals surface area contributed by atoms with E-state index in [0.29, 0.717) is 6.42 Å². The fourth-order valence-corrected chi connectivity index (χ4v) is 1.84. The third-order valence-electron chi connectivity index (χ3n) is 2.68. The highest BCUT2D eigenvalue weighted by Crippen LogP contribution is 2.20. The highest BCUT2D eigenvalue weighted by atomic mass is 16.2.